The van der Waals surface area contributed by atoms with Crippen molar-refractivity contribution < 1.29 is 37.0 Å². The van der Waals surface area contributed by atoms with E-state index in [1.54, 1.807) is 0 Å². The molecule has 2 nitrogen and oxygen atoms in total. The Labute approximate surface area is 142 Å². The van der Waals surface area contributed by atoms with Crippen LogP contribution in [0.1, 0.15) is 37.9 Å². The Hall–Kier alpha value is 0.899. The van der Waals surface area contributed by atoms with Crippen molar-refractivity contribution in [1.29, 1.82) is 0 Å². The second-order valence-electron chi connectivity index (χ2n) is 4.51. The fourth-order valence-corrected chi connectivity index (χ4v) is 4.44. The molecule has 102 valence electrons. The van der Waals surface area contributed by atoms with E-state index >= 15 is 0 Å². The van der Waals surface area contributed by atoms with Crippen molar-refractivity contribution in [3.05, 3.63) is 35.4 Å². The first kappa shape index (κ1) is 21.2. The summed E-state index contributed by atoms with van der Waals surface area (Å²) in [6.07, 6.45) is 0. The number of rotatable bonds is 6. The van der Waals surface area contributed by atoms with Crippen LogP contribution in [0.5, 0.6) is 0 Å². The van der Waals surface area contributed by atoms with Crippen molar-refractivity contribution >= 4 is 21.6 Å². The molecule has 0 aliphatic heterocycles. The summed E-state index contributed by atoms with van der Waals surface area (Å²) >= 11 is -0.712. The minimum Gasteiger partial charge on any atom is -1.00 e. The van der Waals surface area contributed by atoms with Gasteiger partial charge in [-0.2, -0.15) is 0 Å². The summed E-state index contributed by atoms with van der Waals surface area (Å²) in [5.41, 5.74) is 8.60. The van der Waals surface area contributed by atoms with Crippen molar-refractivity contribution in [2.75, 3.05) is 6.61 Å². The Balaban J connectivity index is 0. The average Bonchev–Trinajstić information content (AvgIpc) is 2.24. The van der Waals surface area contributed by atoms with Crippen LogP contribution in [-0.2, 0) is 7.51 Å². The Bertz CT molecular complexity index is 322. The van der Waals surface area contributed by atoms with E-state index in [2.05, 4.69) is 38.1 Å². The van der Waals surface area contributed by atoms with Crippen LogP contribution in [0.25, 0.3) is 0 Å². The van der Waals surface area contributed by atoms with Crippen LogP contribution >= 0.6 is 0 Å². The van der Waals surface area contributed by atoms with Gasteiger partial charge in [0.25, 0.3) is 0 Å². The number of halogens is 2. The van der Waals surface area contributed by atoms with E-state index in [9.17, 15) is 0 Å². The van der Waals surface area contributed by atoms with Gasteiger partial charge in [0.05, 0.1) is 0 Å². The zero-order chi connectivity index (χ0) is 12.0. The Morgan fingerprint density at radius 2 is 1.78 bits per heavy atom. The van der Waals surface area contributed by atoms with Gasteiger partial charge in [0.1, 0.15) is 0 Å². The van der Waals surface area contributed by atoms with Crippen LogP contribution in [0.3, 0.4) is 0 Å². The molecule has 0 aliphatic carbocycles. The van der Waals surface area contributed by atoms with Crippen LogP contribution in [0.2, 0.25) is 0 Å². The van der Waals surface area contributed by atoms with Crippen molar-refractivity contribution in [1.82, 2.24) is 0 Å². The zero-order valence-electron chi connectivity index (χ0n) is 11.1. The maximum atomic E-state index is 5.95. The molecular weight excluding hydrogens is 465 g/mol. The van der Waals surface area contributed by atoms with Gasteiger partial charge in [0.2, 0.25) is 0 Å². The molecule has 0 spiro atoms. The summed E-state index contributed by atoms with van der Waals surface area (Å²) in [4.78, 5) is 0. The quantitative estimate of drug-likeness (QED) is 0.335. The normalized spacial score (nSPS) is 11.2. The van der Waals surface area contributed by atoms with Gasteiger partial charge >= 0.3 is 110 Å². The minimum absolute atomic E-state index is 0. The monoisotopic (exact) mass is 485 g/mol. The van der Waals surface area contributed by atoms with Gasteiger partial charge in [-0.25, -0.2) is 0 Å². The van der Waals surface area contributed by atoms with Gasteiger partial charge in [0, 0.05) is 0 Å². The molecule has 18 heavy (non-hydrogen) atoms. The molecule has 0 fully saturated rings. The minimum atomic E-state index is -0.712. The molecule has 0 saturated carbocycles. The van der Waals surface area contributed by atoms with E-state index in [0.717, 1.165) is 11.0 Å². The molecule has 1 unspecified atom stereocenters. The van der Waals surface area contributed by atoms with E-state index in [1.165, 1.54) is 11.1 Å². The molecule has 0 radical (unpaired) electrons. The summed E-state index contributed by atoms with van der Waals surface area (Å²) in [7, 11) is 0. The van der Waals surface area contributed by atoms with Crippen molar-refractivity contribution in [2.45, 2.75) is 31.2 Å². The van der Waals surface area contributed by atoms with E-state index in [-0.39, 0.29) is 40.0 Å². The van der Waals surface area contributed by atoms with E-state index in [1.807, 2.05) is 6.92 Å². The molecule has 0 aliphatic rings. The van der Waals surface area contributed by atoms with Crippen LogP contribution in [0.15, 0.2) is 24.3 Å². The number of hydrogen-bond donors (Lipinski definition) is 1. The number of benzene rings is 1. The van der Waals surface area contributed by atoms with E-state index in [0.29, 0.717) is 5.92 Å². The topological polar surface area (TPSA) is 35.2 Å². The molecule has 0 aromatic heterocycles. The van der Waals surface area contributed by atoms with Crippen LogP contribution in [-0.4, -0.2) is 28.2 Å². The standard InChI is InChI=1S/C9H12N.C4H9O.2BrH.Sn/c1-7-5-3-4-6-9(7)8(2)10;1-4(2)3-5;;;/h3-6,8H,1,10H2,2H3;4H,3H2,1-2H3;2*1H;/q;-1;;;+3/p-2. The van der Waals surface area contributed by atoms with Crippen molar-refractivity contribution in [3.63, 3.8) is 0 Å². The van der Waals surface area contributed by atoms with E-state index in [4.69, 9.17) is 8.81 Å². The Morgan fingerprint density at radius 3 is 2.33 bits per heavy atom. The van der Waals surface area contributed by atoms with Crippen molar-refractivity contribution in [2.24, 2.45) is 11.7 Å². The number of hydrogen-bond acceptors (Lipinski definition) is 2. The molecule has 0 heterocycles. The van der Waals surface area contributed by atoms with Crippen LogP contribution < -0.4 is 39.7 Å². The molecule has 0 amide bonds. The first-order chi connectivity index (χ1) is 7.61. The maximum Gasteiger partial charge on any atom is -1.00 e. The molecule has 5 heteroatoms. The number of nitrogens with two attached hydrogens (primary N) is 1. The predicted octanol–water partition coefficient (Wildman–Crippen LogP) is -3.49. The summed E-state index contributed by atoms with van der Waals surface area (Å²) < 4.78 is 6.88. The molecule has 1 rings (SSSR count). The predicted molar refractivity (Wildman–Crippen MR) is 69.3 cm³/mol. The largest absolute Gasteiger partial charge is 1.00 e. The Kier molecular flexibility index (Phi) is 13.8. The van der Waals surface area contributed by atoms with Gasteiger partial charge in [0.15, 0.2) is 0 Å². The van der Waals surface area contributed by atoms with Gasteiger partial charge in [-0.1, -0.05) is 0 Å². The molecule has 0 bridgehead atoms. The van der Waals surface area contributed by atoms with Crippen molar-refractivity contribution in [3.8, 4) is 0 Å². The molecule has 1 aromatic rings. The third kappa shape index (κ3) is 8.15. The zero-order valence-corrected chi connectivity index (χ0v) is 17.1. The third-order valence-electron chi connectivity index (χ3n) is 2.33. The second-order valence-corrected chi connectivity index (χ2v) is 7.17. The molecule has 1 atom stereocenters. The van der Waals surface area contributed by atoms with E-state index < -0.39 is 21.6 Å². The van der Waals surface area contributed by atoms with Crippen LogP contribution in [0, 0.1) is 5.92 Å². The second kappa shape index (κ2) is 11.7. The average molecular weight is 486 g/mol. The van der Waals surface area contributed by atoms with Gasteiger partial charge in [-0.15, -0.1) is 0 Å². The first-order valence-electron chi connectivity index (χ1n) is 5.79. The smallest absolute Gasteiger partial charge is 1.00 e. The summed E-state index contributed by atoms with van der Waals surface area (Å²) in [5, 5.41) is 0. The molecule has 1 aromatic carbocycles. The van der Waals surface area contributed by atoms with Gasteiger partial charge < -0.3 is 34.0 Å². The van der Waals surface area contributed by atoms with Crippen LogP contribution in [0.4, 0.5) is 0 Å². The molecule has 2 N–H and O–H groups in total. The van der Waals surface area contributed by atoms with Gasteiger partial charge in [-0.05, 0) is 0 Å². The maximum absolute atomic E-state index is 5.95. The molecular formula is C13H21Br2NOSn. The fourth-order valence-electron chi connectivity index (χ4n) is 1.49. The Morgan fingerprint density at radius 1 is 1.17 bits per heavy atom. The SMILES string of the molecule is CC(C)C[O][Sn+2][CH2]c1ccccc1C(C)N.[Br-].[Br-]. The first-order valence-corrected chi connectivity index (χ1v) is 8.97. The summed E-state index contributed by atoms with van der Waals surface area (Å²) in [6, 6.07) is 8.58. The summed E-state index contributed by atoms with van der Waals surface area (Å²) in [6.45, 7) is 7.33. The third-order valence-corrected chi connectivity index (χ3v) is 4.88. The fraction of sp³-hybridized carbons (Fsp3) is 0.538. The summed E-state index contributed by atoms with van der Waals surface area (Å²) in [5.74, 6) is 0.643. The molecule has 0 saturated heterocycles. The van der Waals surface area contributed by atoms with Gasteiger partial charge in [-0.3, -0.25) is 0 Å².